The monoisotopic (exact) mass is 313 g/mol. The third kappa shape index (κ3) is 2.04. The van der Waals surface area contributed by atoms with Gasteiger partial charge in [-0.3, -0.25) is 4.98 Å². The number of pyridine rings is 1. The first-order valence-corrected chi connectivity index (χ1v) is 7.88. The number of hydrogen-bond donors (Lipinski definition) is 0. The molecule has 0 saturated heterocycles. The van der Waals surface area contributed by atoms with Crippen molar-refractivity contribution < 1.29 is 0 Å². The number of fused-ring (bicyclic) bond motifs is 2. The maximum Gasteiger partial charge on any atom is 0.0621 e. The molecule has 3 heteroatoms. The first-order chi connectivity index (χ1) is 8.23. The fourth-order valence-electron chi connectivity index (χ4n) is 3.91. The Morgan fingerprint density at radius 2 is 2.35 bits per heavy atom. The molecule has 2 bridgehead atoms. The summed E-state index contributed by atoms with van der Waals surface area (Å²) in [7, 11) is 0. The molecule has 0 aromatic carbocycles. The Kier molecular flexibility index (Phi) is 3.20. The van der Waals surface area contributed by atoms with Gasteiger partial charge in [-0.1, -0.05) is 34.0 Å². The van der Waals surface area contributed by atoms with Crippen LogP contribution in [0.1, 0.15) is 31.2 Å². The minimum atomic E-state index is 0.452. The van der Waals surface area contributed by atoms with E-state index in [0.717, 1.165) is 28.6 Å². The highest BCUT2D eigenvalue weighted by molar-refractivity contribution is 9.09. The molecule has 92 valence electrons. The predicted molar refractivity (Wildman–Crippen MR) is 74.6 cm³/mol. The lowest BCUT2D eigenvalue weighted by Crippen LogP contribution is -2.32. The first-order valence-electron chi connectivity index (χ1n) is 6.38. The zero-order chi connectivity index (χ0) is 11.9. The average Bonchev–Trinajstić information content (AvgIpc) is 2.93. The van der Waals surface area contributed by atoms with E-state index in [2.05, 4.69) is 27.0 Å². The van der Waals surface area contributed by atoms with Gasteiger partial charge in [0.05, 0.1) is 5.02 Å². The molecule has 1 aromatic heterocycles. The molecule has 2 saturated carbocycles. The molecular weight excluding hydrogens is 298 g/mol. The summed E-state index contributed by atoms with van der Waals surface area (Å²) >= 11 is 10.0. The maximum atomic E-state index is 6.25. The smallest absolute Gasteiger partial charge is 0.0621 e. The summed E-state index contributed by atoms with van der Waals surface area (Å²) in [5.41, 5.74) is 1.72. The topological polar surface area (TPSA) is 12.9 Å². The van der Waals surface area contributed by atoms with Crippen LogP contribution in [0, 0.1) is 17.3 Å². The van der Waals surface area contributed by atoms with E-state index in [4.69, 9.17) is 11.6 Å². The Balaban J connectivity index is 1.86. The van der Waals surface area contributed by atoms with Crippen LogP contribution in [0.3, 0.4) is 0 Å². The van der Waals surface area contributed by atoms with Gasteiger partial charge in [0, 0.05) is 17.7 Å². The number of nitrogens with zero attached hydrogens (tertiary/aromatic N) is 1. The molecule has 0 amide bonds. The van der Waals surface area contributed by atoms with Crippen molar-refractivity contribution in [1.82, 2.24) is 4.98 Å². The van der Waals surface area contributed by atoms with E-state index in [9.17, 15) is 0 Å². The van der Waals surface area contributed by atoms with E-state index in [1.54, 1.807) is 6.20 Å². The largest absolute Gasteiger partial charge is 0.263 e. The molecule has 3 unspecified atom stereocenters. The van der Waals surface area contributed by atoms with Crippen molar-refractivity contribution in [2.45, 2.75) is 32.1 Å². The van der Waals surface area contributed by atoms with Crippen LogP contribution in [0.5, 0.6) is 0 Å². The minimum absolute atomic E-state index is 0.452. The molecule has 1 nitrogen and oxygen atoms in total. The molecule has 2 fully saturated rings. The van der Waals surface area contributed by atoms with Crippen molar-refractivity contribution in [2.75, 3.05) is 5.33 Å². The highest BCUT2D eigenvalue weighted by atomic mass is 79.9. The summed E-state index contributed by atoms with van der Waals surface area (Å²) in [6.45, 7) is 0. The van der Waals surface area contributed by atoms with Crippen LogP contribution in [0.2, 0.25) is 5.02 Å². The highest BCUT2D eigenvalue weighted by Gasteiger charge is 2.50. The number of aromatic nitrogens is 1. The predicted octanol–water partition coefficient (Wildman–Crippen LogP) is 4.48. The van der Waals surface area contributed by atoms with Crippen LogP contribution in [-0.4, -0.2) is 10.3 Å². The fraction of sp³-hybridized carbons (Fsp3) is 0.643. The Labute approximate surface area is 116 Å². The van der Waals surface area contributed by atoms with Gasteiger partial charge in [-0.15, -0.1) is 0 Å². The molecule has 3 rings (SSSR count). The summed E-state index contributed by atoms with van der Waals surface area (Å²) in [6.07, 6.45) is 10.4. The number of alkyl halides is 1. The third-order valence-corrected chi connectivity index (χ3v) is 6.22. The lowest BCUT2D eigenvalue weighted by atomic mass is 9.71. The fourth-order valence-corrected chi connectivity index (χ4v) is 4.98. The second kappa shape index (κ2) is 4.55. The van der Waals surface area contributed by atoms with Crippen LogP contribution in [0.25, 0.3) is 0 Å². The average molecular weight is 315 g/mol. The molecule has 1 heterocycles. The third-order valence-electron chi connectivity index (χ3n) is 4.77. The van der Waals surface area contributed by atoms with Crippen molar-refractivity contribution in [3.05, 3.63) is 29.0 Å². The Morgan fingerprint density at radius 3 is 2.94 bits per heavy atom. The molecule has 17 heavy (non-hydrogen) atoms. The second-order valence-electron chi connectivity index (χ2n) is 5.72. The summed E-state index contributed by atoms with van der Waals surface area (Å²) in [5, 5.41) is 1.94. The molecule has 2 aliphatic carbocycles. The van der Waals surface area contributed by atoms with E-state index < -0.39 is 0 Å². The number of rotatable bonds is 3. The van der Waals surface area contributed by atoms with Crippen molar-refractivity contribution in [3.8, 4) is 0 Å². The molecule has 1 aromatic rings. The standard InChI is InChI=1S/C14H17BrClN/c15-9-14(6-10-1-2-12(14)5-10)7-11-3-4-17-8-13(11)16/h3-4,8,10,12H,1-2,5-7,9H2. The summed E-state index contributed by atoms with van der Waals surface area (Å²) in [4.78, 5) is 4.07. The van der Waals surface area contributed by atoms with Gasteiger partial charge in [0.15, 0.2) is 0 Å². The van der Waals surface area contributed by atoms with Gasteiger partial charge in [-0.05, 0) is 54.6 Å². The zero-order valence-electron chi connectivity index (χ0n) is 9.83. The van der Waals surface area contributed by atoms with Gasteiger partial charge >= 0.3 is 0 Å². The lowest BCUT2D eigenvalue weighted by Gasteiger charge is -2.36. The van der Waals surface area contributed by atoms with Crippen molar-refractivity contribution >= 4 is 27.5 Å². The molecule has 2 aliphatic rings. The highest BCUT2D eigenvalue weighted by Crippen LogP contribution is 2.58. The second-order valence-corrected chi connectivity index (χ2v) is 6.69. The number of halogens is 2. The summed E-state index contributed by atoms with van der Waals surface area (Å²) in [6, 6.07) is 2.08. The lowest BCUT2D eigenvalue weighted by molar-refractivity contribution is 0.197. The molecular formula is C14H17BrClN. The van der Waals surface area contributed by atoms with Gasteiger partial charge in [-0.2, -0.15) is 0 Å². The summed E-state index contributed by atoms with van der Waals surface area (Å²) < 4.78 is 0. The minimum Gasteiger partial charge on any atom is -0.263 e. The van der Waals surface area contributed by atoms with E-state index in [-0.39, 0.29) is 0 Å². The van der Waals surface area contributed by atoms with Crippen LogP contribution >= 0.6 is 27.5 Å². The van der Waals surface area contributed by atoms with Crippen molar-refractivity contribution in [2.24, 2.45) is 17.3 Å². The van der Waals surface area contributed by atoms with Gasteiger partial charge < -0.3 is 0 Å². The summed E-state index contributed by atoms with van der Waals surface area (Å²) in [5.74, 6) is 1.87. The van der Waals surface area contributed by atoms with Gasteiger partial charge in [0.2, 0.25) is 0 Å². The van der Waals surface area contributed by atoms with Gasteiger partial charge in [0.25, 0.3) is 0 Å². The maximum absolute atomic E-state index is 6.25. The van der Waals surface area contributed by atoms with Crippen molar-refractivity contribution in [3.63, 3.8) is 0 Å². The quantitative estimate of drug-likeness (QED) is 0.750. The zero-order valence-corrected chi connectivity index (χ0v) is 12.2. The molecule has 0 radical (unpaired) electrons. The van der Waals surface area contributed by atoms with Crippen LogP contribution in [0.4, 0.5) is 0 Å². The van der Waals surface area contributed by atoms with Crippen molar-refractivity contribution in [1.29, 1.82) is 0 Å². The normalized spacial score (nSPS) is 35.4. The van der Waals surface area contributed by atoms with Crippen LogP contribution in [0.15, 0.2) is 18.5 Å². The Bertz CT molecular complexity index is 422. The van der Waals surface area contributed by atoms with Crippen LogP contribution in [-0.2, 0) is 6.42 Å². The Hall–Kier alpha value is -0.0800. The van der Waals surface area contributed by atoms with E-state index in [1.165, 1.54) is 31.2 Å². The molecule has 0 spiro atoms. The van der Waals surface area contributed by atoms with E-state index >= 15 is 0 Å². The SMILES string of the molecule is Clc1cnccc1CC1(CBr)CC2CCC1C2. The van der Waals surface area contributed by atoms with Crippen LogP contribution < -0.4 is 0 Å². The number of hydrogen-bond acceptors (Lipinski definition) is 1. The molecule has 0 aliphatic heterocycles. The first kappa shape index (κ1) is 12.0. The van der Waals surface area contributed by atoms with E-state index in [1.807, 2.05) is 6.20 Å². The Morgan fingerprint density at radius 1 is 1.47 bits per heavy atom. The van der Waals surface area contributed by atoms with Gasteiger partial charge in [-0.25, -0.2) is 0 Å². The van der Waals surface area contributed by atoms with Gasteiger partial charge in [0.1, 0.15) is 0 Å². The molecule has 3 atom stereocenters. The van der Waals surface area contributed by atoms with E-state index in [0.29, 0.717) is 5.41 Å². The molecule has 0 N–H and O–H groups in total.